The molecule has 1 aromatic carbocycles. The molecule has 0 fully saturated rings. The molecule has 0 aliphatic carbocycles. The number of carbonyl (C=O) groups is 1. The second-order valence-corrected chi connectivity index (χ2v) is 6.40. The number of halogens is 1. The Hall–Kier alpha value is -0.830. The third-order valence-electron chi connectivity index (χ3n) is 3.15. The predicted octanol–water partition coefficient (Wildman–Crippen LogP) is 3.86. The number of amides is 1. The molecular weight excluding hydrogens is 278 g/mol. The maximum absolute atomic E-state index is 11.9. The van der Waals surface area contributed by atoms with Crippen molar-refractivity contribution in [1.29, 1.82) is 0 Å². The van der Waals surface area contributed by atoms with Crippen molar-refractivity contribution in [1.82, 2.24) is 5.32 Å². The quantitative estimate of drug-likeness (QED) is 0.902. The lowest BCUT2D eigenvalue weighted by Crippen LogP contribution is -2.33. The van der Waals surface area contributed by atoms with E-state index in [4.69, 9.17) is 0 Å². The molecule has 94 valence electrons. The number of rotatable bonds is 3. The van der Waals surface area contributed by atoms with E-state index in [9.17, 15) is 4.79 Å². The third kappa shape index (κ3) is 4.50. The highest BCUT2D eigenvalue weighted by atomic mass is 79.9. The Bertz CT molecular complexity index is 378. The molecule has 0 saturated carbocycles. The van der Waals surface area contributed by atoms with Crippen molar-refractivity contribution in [3.05, 3.63) is 34.3 Å². The summed E-state index contributed by atoms with van der Waals surface area (Å²) in [6.45, 7) is 9.41. The highest BCUT2D eigenvalue weighted by molar-refractivity contribution is 9.10. The number of benzene rings is 1. The van der Waals surface area contributed by atoms with Crippen molar-refractivity contribution in [2.75, 3.05) is 6.54 Å². The normalized spacial score (nSPS) is 13.2. The summed E-state index contributed by atoms with van der Waals surface area (Å²) >= 11 is 3.35. The van der Waals surface area contributed by atoms with Gasteiger partial charge in [-0.3, -0.25) is 4.79 Å². The fourth-order valence-electron chi connectivity index (χ4n) is 1.26. The molecule has 1 rings (SSSR count). The fourth-order valence-corrected chi connectivity index (χ4v) is 1.52. The molecule has 0 aliphatic heterocycles. The molecule has 0 heterocycles. The summed E-state index contributed by atoms with van der Waals surface area (Å²) in [6.07, 6.45) is 0. The van der Waals surface area contributed by atoms with Crippen LogP contribution in [0.2, 0.25) is 0 Å². The van der Waals surface area contributed by atoms with Crippen LogP contribution in [0.25, 0.3) is 0 Å². The van der Waals surface area contributed by atoms with Gasteiger partial charge in [0.1, 0.15) is 0 Å². The van der Waals surface area contributed by atoms with Gasteiger partial charge in [0.05, 0.1) is 0 Å². The lowest BCUT2D eigenvalue weighted by atomic mass is 9.82. The zero-order valence-electron chi connectivity index (χ0n) is 10.9. The van der Waals surface area contributed by atoms with E-state index >= 15 is 0 Å². The first-order valence-corrected chi connectivity index (χ1v) is 6.64. The van der Waals surface area contributed by atoms with Crippen molar-refractivity contribution >= 4 is 21.8 Å². The smallest absolute Gasteiger partial charge is 0.251 e. The monoisotopic (exact) mass is 297 g/mol. The van der Waals surface area contributed by atoms with Gasteiger partial charge in [-0.1, -0.05) is 43.6 Å². The van der Waals surface area contributed by atoms with Gasteiger partial charge >= 0.3 is 0 Å². The van der Waals surface area contributed by atoms with Crippen LogP contribution >= 0.6 is 15.9 Å². The number of hydrogen-bond donors (Lipinski definition) is 1. The largest absolute Gasteiger partial charge is 0.352 e. The van der Waals surface area contributed by atoms with E-state index in [0.717, 1.165) is 4.47 Å². The van der Waals surface area contributed by atoms with Gasteiger partial charge in [0, 0.05) is 16.6 Å². The topological polar surface area (TPSA) is 29.1 Å². The number of hydrogen-bond acceptors (Lipinski definition) is 1. The van der Waals surface area contributed by atoms with Crippen LogP contribution in [0.1, 0.15) is 38.1 Å². The SMILES string of the molecule is CC(CNC(=O)c1ccc(Br)cc1)C(C)(C)C. The van der Waals surface area contributed by atoms with Gasteiger partial charge in [0.2, 0.25) is 0 Å². The van der Waals surface area contributed by atoms with Crippen molar-refractivity contribution in [3.63, 3.8) is 0 Å². The first-order chi connectivity index (χ1) is 7.80. The van der Waals surface area contributed by atoms with E-state index in [1.54, 1.807) is 0 Å². The first-order valence-electron chi connectivity index (χ1n) is 5.84. The minimum Gasteiger partial charge on any atom is -0.352 e. The molecule has 0 aliphatic rings. The Balaban J connectivity index is 2.53. The molecule has 1 N–H and O–H groups in total. The van der Waals surface area contributed by atoms with E-state index in [1.807, 2.05) is 24.3 Å². The van der Waals surface area contributed by atoms with Crippen molar-refractivity contribution in [2.45, 2.75) is 27.7 Å². The summed E-state index contributed by atoms with van der Waals surface area (Å²) in [5.74, 6) is 0.440. The second kappa shape index (κ2) is 5.67. The summed E-state index contributed by atoms with van der Waals surface area (Å²) in [6, 6.07) is 7.40. The molecule has 2 nitrogen and oxygen atoms in total. The molecule has 1 aromatic rings. The minimum absolute atomic E-state index is 0.00593. The van der Waals surface area contributed by atoms with Gasteiger partial charge in [-0.05, 0) is 35.6 Å². The van der Waals surface area contributed by atoms with E-state index in [-0.39, 0.29) is 11.3 Å². The van der Waals surface area contributed by atoms with Crippen molar-refractivity contribution < 1.29 is 4.79 Å². The van der Waals surface area contributed by atoms with Crippen LogP contribution in [0.3, 0.4) is 0 Å². The molecule has 1 atom stereocenters. The van der Waals surface area contributed by atoms with Crippen LogP contribution in [0.4, 0.5) is 0 Å². The predicted molar refractivity (Wildman–Crippen MR) is 75.1 cm³/mol. The third-order valence-corrected chi connectivity index (χ3v) is 3.68. The lowest BCUT2D eigenvalue weighted by Gasteiger charge is -2.27. The Morgan fingerprint density at radius 3 is 2.29 bits per heavy atom. The molecule has 0 aromatic heterocycles. The zero-order chi connectivity index (χ0) is 13.1. The van der Waals surface area contributed by atoms with Crippen molar-refractivity contribution in [3.8, 4) is 0 Å². The fraction of sp³-hybridized carbons (Fsp3) is 0.500. The maximum atomic E-state index is 11.9. The van der Waals surface area contributed by atoms with Gasteiger partial charge < -0.3 is 5.32 Å². The number of carbonyl (C=O) groups excluding carboxylic acids is 1. The average molecular weight is 298 g/mol. The van der Waals surface area contributed by atoms with E-state index in [1.165, 1.54) is 0 Å². The molecule has 0 spiro atoms. The molecule has 1 amide bonds. The van der Waals surface area contributed by atoms with Crippen molar-refractivity contribution in [2.24, 2.45) is 11.3 Å². The summed E-state index contributed by atoms with van der Waals surface area (Å²) in [7, 11) is 0. The highest BCUT2D eigenvalue weighted by Gasteiger charge is 2.20. The molecule has 0 saturated heterocycles. The Labute approximate surface area is 112 Å². The lowest BCUT2D eigenvalue weighted by molar-refractivity contribution is 0.0937. The molecule has 0 radical (unpaired) electrons. The summed E-state index contributed by atoms with van der Waals surface area (Å²) < 4.78 is 0.983. The van der Waals surface area contributed by atoms with E-state index < -0.39 is 0 Å². The zero-order valence-corrected chi connectivity index (χ0v) is 12.5. The Morgan fingerprint density at radius 1 is 1.29 bits per heavy atom. The van der Waals surface area contributed by atoms with Gasteiger partial charge in [-0.2, -0.15) is 0 Å². The van der Waals surface area contributed by atoms with Crippen LogP contribution < -0.4 is 5.32 Å². The Kier molecular flexibility index (Phi) is 4.75. The molecule has 3 heteroatoms. The summed E-state index contributed by atoms with van der Waals surface area (Å²) in [4.78, 5) is 11.9. The Morgan fingerprint density at radius 2 is 1.82 bits per heavy atom. The van der Waals surface area contributed by atoms with Crippen LogP contribution in [0, 0.1) is 11.3 Å². The van der Waals surface area contributed by atoms with Gasteiger partial charge in [-0.15, -0.1) is 0 Å². The number of nitrogens with one attached hydrogen (secondary N) is 1. The summed E-state index contributed by atoms with van der Waals surface area (Å²) in [5.41, 5.74) is 0.918. The minimum atomic E-state index is -0.00593. The maximum Gasteiger partial charge on any atom is 0.251 e. The average Bonchev–Trinajstić information content (AvgIpc) is 2.25. The molecule has 17 heavy (non-hydrogen) atoms. The van der Waals surface area contributed by atoms with Gasteiger partial charge in [0.25, 0.3) is 5.91 Å². The van der Waals surface area contributed by atoms with Crippen LogP contribution in [-0.4, -0.2) is 12.5 Å². The van der Waals surface area contributed by atoms with E-state index in [0.29, 0.717) is 18.0 Å². The standard InChI is InChI=1S/C14H20BrNO/c1-10(14(2,3)4)9-16-13(17)11-5-7-12(15)8-6-11/h5-8,10H,9H2,1-4H3,(H,16,17). The van der Waals surface area contributed by atoms with Crippen LogP contribution in [-0.2, 0) is 0 Å². The van der Waals surface area contributed by atoms with Gasteiger partial charge in [-0.25, -0.2) is 0 Å². The van der Waals surface area contributed by atoms with Crippen LogP contribution in [0.15, 0.2) is 28.7 Å². The molecule has 1 unspecified atom stereocenters. The molecule has 0 bridgehead atoms. The second-order valence-electron chi connectivity index (χ2n) is 5.48. The highest BCUT2D eigenvalue weighted by Crippen LogP contribution is 2.24. The molecular formula is C14H20BrNO. The van der Waals surface area contributed by atoms with E-state index in [2.05, 4.69) is 48.9 Å². The van der Waals surface area contributed by atoms with Crippen LogP contribution in [0.5, 0.6) is 0 Å². The first kappa shape index (κ1) is 14.2. The van der Waals surface area contributed by atoms with Gasteiger partial charge in [0.15, 0.2) is 0 Å². The summed E-state index contributed by atoms with van der Waals surface area (Å²) in [5, 5.41) is 2.97.